The summed E-state index contributed by atoms with van der Waals surface area (Å²) in [7, 11) is 11.0. The van der Waals surface area contributed by atoms with E-state index < -0.39 is 151 Å². The number of benzene rings is 4. The van der Waals surface area contributed by atoms with E-state index in [1.807, 2.05) is 0 Å². The van der Waals surface area contributed by atoms with Gasteiger partial charge < -0.3 is 55.1 Å². The highest BCUT2D eigenvalue weighted by atomic mass is 35.5. The van der Waals surface area contributed by atoms with Crippen molar-refractivity contribution in [3.05, 3.63) is 166 Å². The molecule has 1 fully saturated rings. The average Bonchev–Trinajstić information content (AvgIpc) is 0.950. The second-order valence-electron chi connectivity index (χ2n) is 25.3. The largest absolute Gasteiger partial charge is 0.342 e. The maximum atomic E-state index is 15.6. The minimum absolute atomic E-state index is 0.0593. The molecule has 98 heavy (non-hydrogen) atoms. The van der Waals surface area contributed by atoms with Gasteiger partial charge in [0.15, 0.2) is 0 Å². The Bertz CT molecular complexity index is 3620. The number of nitrogens with one attached hydrogen (secondary N) is 3. The molecule has 9 atom stereocenters. The summed E-state index contributed by atoms with van der Waals surface area (Å²) in [6.45, 7) is 5.00. The van der Waals surface area contributed by atoms with Crippen LogP contribution in [-0.2, 0) is 78.4 Å². The topological polar surface area (TPSA) is 272 Å². The van der Waals surface area contributed by atoms with Crippen LogP contribution in [0.1, 0.15) is 80.4 Å². The van der Waals surface area contributed by atoms with Crippen molar-refractivity contribution >= 4 is 94.1 Å². The van der Waals surface area contributed by atoms with E-state index in [2.05, 4.69) is 16.0 Å². The first-order valence-corrected chi connectivity index (χ1v) is 33.4. The molecule has 1 aliphatic rings. The fourth-order valence-corrected chi connectivity index (χ4v) is 11.9. The van der Waals surface area contributed by atoms with Gasteiger partial charge in [-0.05, 0) is 77.9 Å². The lowest BCUT2D eigenvalue weighted by molar-refractivity contribution is -0.151. The monoisotopic (exact) mass is 1390 g/mol. The van der Waals surface area contributed by atoms with E-state index in [0.717, 1.165) is 29.4 Å². The van der Waals surface area contributed by atoms with E-state index >= 15 is 19.2 Å². The van der Waals surface area contributed by atoms with E-state index in [1.165, 1.54) is 90.1 Å². The van der Waals surface area contributed by atoms with Crippen molar-refractivity contribution in [3.8, 4) is 0 Å². The average molecular weight is 1390 g/mol. The Morgan fingerprint density at radius 2 is 0.990 bits per heavy atom. The van der Waals surface area contributed by atoms with Crippen molar-refractivity contribution in [2.24, 2.45) is 5.92 Å². The number of carbonyl (C=O) groups is 12. The molecule has 1 aromatic heterocycles. The summed E-state index contributed by atoms with van der Waals surface area (Å²) in [5.41, 5.74) is 2.35. The zero-order chi connectivity index (χ0) is 72.2. The van der Waals surface area contributed by atoms with Gasteiger partial charge in [0.25, 0.3) is 5.91 Å². The first kappa shape index (κ1) is 77.6. The first-order valence-electron chi connectivity index (χ1n) is 32.7. The van der Waals surface area contributed by atoms with Gasteiger partial charge in [-0.15, -0.1) is 0 Å². The smallest absolute Gasteiger partial charge is 0.253 e. The molecule has 11 amide bonds. The van der Waals surface area contributed by atoms with Gasteiger partial charge in [-0.25, -0.2) is 0 Å². The molecule has 2 heterocycles. The summed E-state index contributed by atoms with van der Waals surface area (Å²) in [4.78, 5) is 186. The predicted octanol–water partition coefficient (Wildman–Crippen LogP) is 4.64. The minimum atomic E-state index is -1.52. The summed E-state index contributed by atoms with van der Waals surface area (Å²) in [5.74, 6) is -9.20. The Morgan fingerprint density at radius 1 is 0.469 bits per heavy atom. The third kappa shape index (κ3) is 20.8. The molecule has 5 aromatic rings. The maximum absolute atomic E-state index is 15.6. The van der Waals surface area contributed by atoms with Gasteiger partial charge in [0, 0.05) is 105 Å². The first-order chi connectivity index (χ1) is 46.5. The van der Waals surface area contributed by atoms with Gasteiger partial charge in [0.2, 0.25) is 65.0 Å². The predicted molar refractivity (Wildman–Crippen MR) is 372 cm³/mol. The Hall–Kier alpha value is -9.42. The number of nitrogens with zero attached hydrogens (tertiary/aromatic N) is 9. The van der Waals surface area contributed by atoms with Gasteiger partial charge >= 0.3 is 0 Å². The molecule has 0 spiro atoms. The molecule has 26 heteroatoms. The minimum Gasteiger partial charge on any atom is -0.342 e. The number of amides is 11. The standard InChI is InChI=1S/C72H92Cl2N12O12/c1-13-24-56-69(95)85(12)59(71(97)86-35-21-22-36-86)42-61(88)81(8)47(4)65(91)77-64(46(3)14-2)72(98)80(7)44-62(89)78(5)45-63(90)82(9)57(41-50-31-33-52(73)34-32-50)68(94)79(6)43-60(87)75-54(39-51-29-23-30-53(74)37-51)66(92)76-55(38-48-25-17-15-18-26-48)67(93)84(11)58(70(96)83(56)10)40-49-27-19-16-20-28-49/h15-23,25-37,46-47,54-59,64H,13-14,24,38-45H2,1-12H3,(H,75,87)(H,76,92)(H,77,91)/t46-,47-,54-,55-,56-,57-,58-,59-,64-/m0/s1. The maximum Gasteiger partial charge on any atom is 0.253 e. The van der Waals surface area contributed by atoms with Crippen LogP contribution < -0.4 is 16.0 Å². The van der Waals surface area contributed by atoms with E-state index in [4.69, 9.17) is 23.2 Å². The zero-order valence-electron chi connectivity index (χ0n) is 57.9. The van der Waals surface area contributed by atoms with Crippen molar-refractivity contribution in [2.75, 3.05) is 76.0 Å². The SMILES string of the molecule is CCC[C@H]1C(=O)N(C)[C@H](C(=O)n2cccc2)CC(=O)N(C)[C@@H](C)C(=O)N[C@@H]([C@@H](C)CC)C(=O)N(C)CC(=O)N(C)CC(=O)N(C)[C@@H](Cc2ccc(Cl)cc2)C(=O)N(C)CC(=O)N[C@@H](Cc2cccc(Cl)c2)C(=O)N[C@@H](Cc2ccccc2)C(=O)N(C)[C@@H](Cc2ccccc2)C(=O)N1C. The molecular weight excluding hydrogens is 1300 g/mol. The highest BCUT2D eigenvalue weighted by molar-refractivity contribution is 6.31. The second-order valence-corrected chi connectivity index (χ2v) is 26.1. The zero-order valence-corrected chi connectivity index (χ0v) is 59.4. The second kappa shape index (κ2) is 36.2. The van der Waals surface area contributed by atoms with Crippen molar-refractivity contribution in [2.45, 2.75) is 127 Å². The van der Waals surface area contributed by atoms with Gasteiger partial charge in [-0.3, -0.25) is 62.1 Å². The summed E-state index contributed by atoms with van der Waals surface area (Å²) < 4.78 is 1.21. The van der Waals surface area contributed by atoms with Crippen LogP contribution in [0.5, 0.6) is 0 Å². The molecule has 4 aromatic carbocycles. The number of halogens is 2. The molecule has 0 radical (unpaired) electrons. The lowest BCUT2D eigenvalue weighted by Crippen LogP contribution is -2.61. The van der Waals surface area contributed by atoms with Crippen LogP contribution in [0.15, 0.2) is 134 Å². The van der Waals surface area contributed by atoms with Crippen molar-refractivity contribution < 1.29 is 57.5 Å². The summed E-state index contributed by atoms with van der Waals surface area (Å²) in [5, 5.41) is 9.18. The van der Waals surface area contributed by atoms with E-state index in [1.54, 1.807) is 142 Å². The molecule has 1 saturated heterocycles. The van der Waals surface area contributed by atoms with Crippen LogP contribution in [0.3, 0.4) is 0 Å². The van der Waals surface area contributed by atoms with Gasteiger partial charge in [-0.1, -0.05) is 142 Å². The number of hydrogen-bond donors (Lipinski definition) is 3. The molecule has 0 bridgehead atoms. The third-order valence-electron chi connectivity index (χ3n) is 18.2. The van der Waals surface area contributed by atoms with E-state index in [0.29, 0.717) is 45.1 Å². The fourth-order valence-electron chi connectivity index (χ4n) is 11.5. The van der Waals surface area contributed by atoms with Crippen LogP contribution in [0.4, 0.5) is 0 Å². The van der Waals surface area contributed by atoms with Gasteiger partial charge in [-0.2, -0.15) is 0 Å². The number of likely N-dealkylation sites (N-methyl/N-ethyl adjacent to an activating group) is 8. The van der Waals surface area contributed by atoms with Crippen molar-refractivity contribution in [1.82, 2.24) is 59.7 Å². The normalized spacial score (nSPS) is 22.6. The highest BCUT2D eigenvalue weighted by Gasteiger charge is 2.42. The number of carbonyl (C=O) groups excluding carboxylic acids is 12. The third-order valence-corrected chi connectivity index (χ3v) is 18.6. The summed E-state index contributed by atoms with van der Waals surface area (Å²) >= 11 is 12.7. The molecule has 0 aliphatic carbocycles. The van der Waals surface area contributed by atoms with Crippen molar-refractivity contribution in [1.29, 1.82) is 0 Å². The van der Waals surface area contributed by atoms with Crippen LogP contribution >= 0.6 is 23.2 Å². The van der Waals surface area contributed by atoms with Crippen LogP contribution in [0, 0.1) is 5.92 Å². The van der Waals surface area contributed by atoms with E-state index in [-0.39, 0.29) is 32.1 Å². The van der Waals surface area contributed by atoms with E-state index in [9.17, 15) is 38.4 Å². The lowest BCUT2D eigenvalue weighted by Gasteiger charge is -2.38. The number of aromatic nitrogens is 1. The number of rotatable bonds is 13. The molecule has 526 valence electrons. The van der Waals surface area contributed by atoms with Crippen LogP contribution in [0.2, 0.25) is 10.0 Å². The quantitative estimate of drug-likeness (QED) is 0.146. The molecule has 3 N–H and O–H groups in total. The summed E-state index contributed by atoms with van der Waals surface area (Å²) in [6.07, 6.45) is 2.64. The van der Waals surface area contributed by atoms with Gasteiger partial charge in [0.05, 0.1) is 26.1 Å². The molecule has 24 nitrogen and oxygen atoms in total. The lowest BCUT2D eigenvalue weighted by atomic mass is 9.97. The Kier molecular flexibility index (Phi) is 28.7. The molecular formula is C72H92Cl2N12O12. The Morgan fingerprint density at radius 3 is 1.57 bits per heavy atom. The Labute approximate surface area is 583 Å². The van der Waals surface area contributed by atoms with Crippen LogP contribution in [-0.4, -0.2) is 239 Å². The number of hydrogen-bond acceptors (Lipinski definition) is 12. The summed E-state index contributed by atoms with van der Waals surface area (Å²) in [6, 6.07) is 23.2. The molecule has 0 unspecified atom stereocenters. The molecule has 6 rings (SSSR count). The Balaban J connectivity index is 1.46. The fraction of sp³-hybridized carbons (Fsp3) is 0.444. The highest BCUT2D eigenvalue weighted by Crippen LogP contribution is 2.23. The van der Waals surface area contributed by atoms with Crippen LogP contribution in [0.25, 0.3) is 0 Å². The van der Waals surface area contributed by atoms with Crippen molar-refractivity contribution in [3.63, 3.8) is 0 Å². The molecule has 0 saturated carbocycles. The van der Waals surface area contributed by atoms with Gasteiger partial charge in [0.1, 0.15) is 48.3 Å². The molecule has 1 aliphatic heterocycles.